The molecular weight excluding hydrogens is 264 g/mol. The second-order valence-electron chi connectivity index (χ2n) is 5.76. The first kappa shape index (κ1) is 13.1. The van der Waals surface area contributed by atoms with E-state index in [1.807, 2.05) is 13.8 Å². The number of aromatic nitrogens is 1. The molecule has 5 nitrogen and oxygen atoms in total. The number of aryl methyl sites for hydroxylation is 2. The van der Waals surface area contributed by atoms with Crippen molar-refractivity contribution in [2.45, 2.75) is 51.7 Å². The molecule has 0 unspecified atom stereocenters. The third kappa shape index (κ3) is 2.69. The Balaban J connectivity index is 1.79. The molecule has 2 heterocycles. The van der Waals surface area contributed by atoms with Crippen molar-refractivity contribution < 1.29 is 12.9 Å². The zero-order valence-corrected chi connectivity index (χ0v) is 12.2. The number of hydrogen-bond acceptors (Lipinski definition) is 5. The predicted octanol–water partition coefficient (Wildman–Crippen LogP) is 1.44. The van der Waals surface area contributed by atoms with Crippen LogP contribution in [0.4, 0.5) is 0 Å². The van der Waals surface area contributed by atoms with E-state index in [1.165, 1.54) is 12.8 Å². The van der Waals surface area contributed by atoms with E-state index in [-0.39, 0.29) is 6.04 Å². The largest absolute Gasteiger partial charge is 0.361 e. The van der Waals surface area contributed by atoms with Gasteiger partial charge in [-0.15, -0.1) is 0 Å². The lowest BCUT2D eigenvalue weighted by Crippen LogP contribution is -2.37. The smallest absolute Gasteiger partial charge is 0.151 e. The Morgan fingerprint density at radius 1 is 1.26 bits per heavy atom. The van der Waals surface area contributed by atoms with Crippen LogP contribution in [-0.4, -0.2) is 42.1 Å². The first-order chi connectivity index (χ1) is 8.96. The van der Waals surface area contributed by atoms with Crippen LogP contribution in [-0.2, 0) is 16.4 Å². The van der Waals surface area contributed by atoms with Gasteiger partial charge in [0.1, 0.15) is 5.76 Å². The van der Waals surface area contributed by atoms with E-state index in [4.69, 9.17) is 4.52 Å². The van der Waals surface area contributed by atoms with E-state index in [0.29, 0.717) is 17.5 Å². The van der Waals surface area contributed by atoms with Crippen LogP contribution in [0.2, 0.25) is 0 Å². The van der Waals surface area contributed by atoms with Gasteiger partial charge in [0.2, 0.25) is 0 Å². The molecule has 1 atom stereocenters. The highest BCUT2D eigenvalue weighted by molar-refractivity contribution is 7.91. The summed E-state index contributed by atoms with van der Waals surface area (Å²) in [5, 5.41) is 3.98. The summed E-state index contributed by atoms with van der Waals surface area (Å²) < 4.78 is 28.5. The first-order valence-electron chi connectivity index (χ1n) is 6.84. The molecule has 0 amide bonds. The first-order valence-corrected chi connectivity index (χ1v) is 8.66. The summed E-state index contributed by atoms with van der Waals surface area (Å²) in [4.78, 5) is 2.36. The van der Waals surface area contributed by atoms with Gasteiger partial charge in [-0.25, -0.2) is 8.42 Å². The maximum atomic E-state index is 11.7. The minimum Gasteiger partial charge on any atom is -0.361 e. The molecule has 0 bridgehead atoms. The highest BCUT2D eigenvalue weighted by Crippen LogP contribution is 2.34. The molecule has 1 saturated heterocycles. The Kier molecular flexibility index (Phi) is 3.17. The normalized spacial score (nSPS) is 26.2. The molecule has 1 aromatic rings. The molecule has 0 radical (unpaired) electrons. The molecule has 0 N–H and O–H groups in total. The second-order valence-corrected chi connectivity index (χ2v) is 7.99. The van der Waals surface area contributed by atoms with Crippen molar-refractivity contribution in [3.05, 3.63) is 17.0 Å². The van der Waals surface area contributed by atoms with Crippen LogP contribution in [0.1, 0.15) is 36.3 Å². The highest BCUT2D eigenvalue weighted by atomic mass is 32.2. The molecular formula is C13H20N2O3S. The fourth-order valence-corrected chi connectivity index (χ4v) is 4.65. The number of nitrogens with zero attached hydrogens (tertiary/aromatic N) is 2. The van der Waals surface area contributed by atoms with Gasteiger partial charge in [-0.1, -0.05) is 5.16 Å². The molecule has 19 heavy (non-hydrogen) atoms. The maximum Gasteiger partial charge on any atom is 0.151 e. The third-order valence-corrected chi connectivity index (χ3v) is 5.97. The topological polar surface area (TPSA) is 63.4 Å². The highest BCUT2D eigenvalue weighted by Gasteiger charge is 2.40. The lowest BCUT2D eigenvalue weighted by atomic mass is 10.1. The Morgan fingerprint density at radius 2 is 2.00 bits per heavy atom. The molecule has 1 aromatic heterocycles. The summed E-state index contributed by atoms with van der Waals surface area (Å²) in [6.45, 7) is 4.64. The quantitative estimate of drug-likeness (QED) is 0.837. The van der Waals surface area contributed by atoms with Crippen molar-refractivity contribution in [2.24, 2.45) is 0 Å². The van der Waals surface area contributed by atoms with Crippen LogP contribution in [0.15, 0.2) is 4.52 Å². The van der Waals surface area contributed by atoms with Crippen LogP contribution >= 0.6 is 0 Å². The fourth-order valence-electron chi connectivity index (χ4n) is 2.91. The van der Waals surface area contributed by atoms with E-state index in [9.17, 15) is 8.42 Å². The average molecular weight is 284 g/mol. The molecule has 0 spiro atoms. The summed E-state index contributed by atoms with van der Waals surface area (Å²) in [5.41, 5.74) is 2.04. The van der Waals surface area contributed by atoms with E-state index >= 15 is 0 Å². The van der Waals surface area contributed by atoms with Gasteiger partial charge in [-0.2, -0.15) is 0 Å². The molecule has 1 aliphatic carbocycles. The van der Waals surface area contributed by atoms with Crippen molar-refractivity contribution in [3.63, 3.8) is 0 Å². The number of sulfone groups is 1. The number of rotatable bonds is 4. The minimum absolute atomic E-state index is 0.172. The van der Waals surface area contributed by atoms with Gasteiger partial charge in [0, 0.05) is 24.2 Å². The Hall–Kier alpha value is -0.880. The molecule has 6 heteroatoms. The maximum absolute atomic E-state index is 11.7. The molecule has 2 aliphatic rings. The monoisotopic (exact) mass is 284 g/mol. The molecule has 2 fully saturated rings. The van der Waals surface area contributed by atoms with Crippen molar-refractivity contribution in [3.8, 4) is 0 Å². The van der Waals surface area contributed by atoms with Crippen LogP contribution < -0.4 is 0 Å². The van der Waals surface area contributed by atoms with Crippen molar-refractivity contribution in [1.29, 1.82) is 0 Å². The van der Waals surface area contributed by atoms with Gasteiger partial charge < -0.3 is 4.52 Å². The standard InChI is InChI=1S/C13H20N2O3S/c1-9-13(10(2)18-14-9)7-15(11-3-4-11)12-5-6-19(16,17)8-12/h11-12H,3-8H2,1-2H3/t12-/m1/s1. The summed E-state index contributed by atoms with van der Waals surface area (Å²) in [6.07, 6.45) is 3.13. The average Bonchev–Trinajstić information content (AvgIpc) is 3.05. The summed E-state index contributed by atoms with van der Waals surface area (Å²) in [7, 11) is -2.83. The van der Waals surface area contributed by atoms with Crippen molar-refractivity contribution >= 4 is 9.84 Å². The third-order valence-electron chi connectivity index (χ3n) is 4.22. The SMILES string of the molecule is Cc1noc(C)c1CN(C1CC1)[C@@H]1CCS(=O)(=O)C1. The van der Waals surface area contributed by atoms with E-state index in [1.54, 1.807) is 0 Å². The predicted molar refractivity (Wildman–Crippen MR) is 71.6 cm³/mol. The van der Waals surface area contributed by atoms with Gasteiger partial charge in [0.05, 0.1) is 17.2 Å². The van der Waals surface area contributed by atoms with Crippen molar-refractivity contribution in [1.82, 2.24) is 10.1 Å². The molecule has 106 valence electrons. The van der Waals surface area contributed by atoms with Gasteiger partial charge in [0.15, 0.2) is 9.84 Å². The number of hydrogen-bond donors (Lipinski definition) is 0. The summed E-state index contributed by atoms with van der Waals surface area (Å²) >= 11 is 0. The Morgan fingerprint density at radius 3 is 2.47 bits per heavy atom. The van der Waals surface area contributed by atoms with Crippen LogP contribution in [0.25, 0.3) is 0 Å². The van der Waals surface area contributed by atoms with Gasteiger partial charge in [0.25, 0.3) is 0 Å². The van der Waals surface area contributed by atoms with Gasteiger partial charge in [-0.3, -0.25) is 4.90 Å². The molecule has 1 aliphatic heterocycles. The summed E-state index contributed by atoms with van der Waals surface area (Å²) in [5.74, 6) is 1.50. The van der Waals surface area contributed by atoms with Crippen molar-refractivity contribution in [2.75, 3.05) is 11.5 Å². The molecule has 1 saturated carbocycles. The minimum atomic E-state index is -2.83. The van der Waals surface area contributed by atoms with E-state index in [2.05, 4.69) is 10.1 Å². The lowest BCUT2D eigenvalue weighted by molar-refractivity contribution is 0.191. The molecule has 0 aromatic carbocycles. The van der Waals surface area contributed by atoms with Crippen LogP contribution in [0.5, 0.6) is 0 Å². The van der Waals surface area contributed by atoms with Gasteiger partial charge in [-0.05, 0) is 33.1 Å². The Labute approximate surface area is 113 Å². The fraction of sp³-hybridized carbons (Fsp3) is 0.769. The van der Waals surface area contributed by atoms with E-state index in [0.717, 1.165) is 30.0 Å². The van der Waals surface area contributed by atoms with Crippen LogP contribution in [0.3, 0.4) is 0 Å². The summed E-state index contributed by atoms with van der Waals surface area (Å²) in [6, 6.07) is 0.721. The Bertz CT molecular complexity index is 555. The zero-order chi connectivity index (χ0) is 13.6. The van der Waals surface area contributed by atoms with Gasteiger partial charge >= 0.3 is 0 Å². The van der Waals surface area contributed by atoms with E-state index < -0.39 is 9.84 Å². The van der Waals surface area contributed by atoms with Crippen LogP contribution in [0, 0.1) is 13.8 Å². The zero-order valence-electron chi connectivity index (χ0n) is 11.4. The lowest BCUT2D eigenvalue weighted by Gasteiger charge is -2.27. The second kappa shape index (κ2) is 4.59. The molecule has 3 rings (SSSR count).